The van der Waals surface area contributed by atoms with Crippen molar-refractivity contribution >= 4 is 11.6 Å². The minimum atomic E-state index is -0.563. The van der Waals surface area contributed by atoms with Crippen LogP contribution in [-0.2, 0) is 10.2 Å². The summed E-state index contributed by atoms with van der Waals surface area (Å²) in [5.74, 6) is 0.690. The van der Waals surface area contributed by atoms with E-state index in [4.69, 9.17) is 4.52 Å². The predicted molar refractivity (Wildman–Crippen MR) is 97.4 cm³/mol. The maximum absolute atomic E-state index is 12.9. The van der Waals surface area contributed by atoms with Gasteiger partial charge in [0.15, 0.2) is 5.76 Å². The van der Waals surface area contributed by atoms with E-state index in [1.807, 2.05) is 68.4 Å². The molecule has 1 aliphatic carbocycles. The second kappa shape index (κ2) is 5.88. The lowest BCUT2D eigenvalue weighted by atomic mass is 9.99. The van der Waals surface area contributed by atoms with Crippen LogP contribution in [0.5, 0.6) is 0 Å². The summed E-state index contributed by atoms with van der Waals surface area (Å²) in [7, 11) is 0. The summed E-state index contributed by atoms with van der Waals surface area (Å²) in [5, 5.41) is 7.27. The molecule has 0 unspecified atom stereocenters. The van der Waals surface area contributed by atoms with Crippen LogP contribution in [-0.4, -0.2) is 11.1 Å². The van der Waals surface area contributed by atoms with Crippen molar-refractivity contribution in [2.75, 3.05) is 5.32 Å². The topological polar surface area (TPSA) is 55.1 Å². The number of aromatic nitrogens is 1. The first-order valence-electron chi connectivity index (χ1n) is 8.50. The fourth-order valence-electron chi connectivity index (χ4n) is 3.08. The largest absolute Gasteiger partial charge is 0.356 e. The van der Waals surface area contributed by atoms with Gasteiger partial charge in [-0.05, 0) is 43.9 Å². The molecule has 0 radical (unpaired) electrons. The van der Waals surface area contributed by atoms with E-state index in [0.717, 1.165) is 35.2 Å². The molecule has 1 aromatic heterocycles. The first-order valence-corrected chi connectivity index (χ1v) is 8.50. The molecule has 1 saturated carbocycles. The van der Waals surface area contributed by atoms with Gasteiger partial charge in [0, 0.05) is 17.3 Å². The summed E-state index contributed by atoms with van der Waals surface area (Å²) in [4.78, 5) is 12.9. The van der Waals surface area contributed by atoms with Gasteiger partial charge in [-0.15, -0.1) is 0 Å². The van der Waals surface area contributed by atoms with Crippen molar-refractivity contribution in [1.82, 2.24) is 5.16 Å². The van der Waals surface area contributed by atoms with Crippen molar-refractivity contribution in [1.29, 1.82) is 0 Å². The number of carbonyl (C=O) groups is 1. The second-order valence-corrected chi connectivity index (χ2v) is 6.80. The van der Waals surface area contributed by atoms with Gasteiger partial charge in [-0.1, -0.05) is 47.6 Å². The number of nitrogens with zero attached hydrogens (tertiary/aromatic N) is 1. The molecule has 4 heteroatoms. The Kier molecular flexibility index (Phi) is 3.68. The molecule has 0 bridgehead atoms. The van der Waals surface area contributed by atoms with E-state index >= 15 is 0 Å². The predicted octanol–water partition coefficient (Wildman–Crippen LogP) is 4.63. The molecular weight excluding hydrogens is 312 g/mol. The molecule has 4 nitrogen and oxygen atoms in total. The van der Waals surface area contributed by atoms with Crippen LogP contribution in [0.3, 0.4) is 0 Å². The van der Waals surface area contributed by atoms with Gasteiger partial charge in [0.05, 0.1) is 11.1 Å². The Labute approximate surface area is 146 Å². The maximum Gasteiger partial charge on any atom is 0.236 e. The summed E-state index contributed by atoms with van der Waals surface area (Å²) in [5.41, 5.74) is 4.16. The molecule has 1 fully saturated rings. The number of nitrogens with one attached hydrogen (secondary N) is 1. The van der Waals surface area contributed by atoms with Crippen LogP contribution < -0.4 is 5.32 Å². The third kappa shape index (κ3) is 2.84. The summed E-state index contributed by atoms with van der Waals surface area (Å²) < 4.78 is 5.49. The zero-order valence-corrected chi connectivity index (χ0v) is 14.4. The van der Waals surface area contributed by atoms with Crippen LogP contribution in [0.2, 0.25) is 0 Å². The highest BCUT2D eigenvalue weighted by atomic mass is 16.5. The lowest BCUT2D eigenvalue weighted by Crippen LogP contribution is -2.28. The van der Waals surface area contributed by atoms with E-state index in [0.29, 0.717) is 11.5 Å². The average Bonchev–Trinajstić information content (AvgIpc) is 3.29. The van der Waals surface area contributed by atoms with Gasteiger partial charge in [-0.2, -0.15) is 0 Å². The van der Waals surface area contributed by atoms with E-state index in [1.165, 1.54) is 0 Å². The number of hydrogen-bond donors (Lipinski definition) is 1. The van der Waals surface area contributed by atoms with Gasteiger partial charge in [-0.25, -0.2) is 0 Å². The number of rotatable bonds is 4. The Balaban J connectivity index is 1.59. The monoisotopic (exact) mass is 332 g/mol. The number of carbonyl (C=O) groups excluding carboxylic acids is 1. The van der Waals surface area contributed by atoms with E-state index in [1.54, 1.807) is 0 Å². The standard InChI is InChI=1S/C21H20N2O2/c1-14-8-9-15(2)17(12-14)22-20(24)21(10-11-21)19-13-18(25-23-19)16-6-4-3-5-7-16/h3-9,12-13H,10-11H2,1-2H3,(H,22,24). The normalized spacial score (nSPS) is 15.0. The Morgan fingerprint density at radius 1 is 1.08 bits per heavy atom. The zero-order chi connectivity index (χ0) is 17.4. The van der Waals surface area contributed by atoms with E-state index in [-0.39, 0.29) is 5.91 Å². The molecule has 1 heterocycles. The van der Waals surface area contributed by atoms with Crippen molar-refractivity contribution in [3.8, 4) is 11.3 Å². The molecule has 1 amide bonds. The van der Waals surface area contributed by atoms with Crippen LogP contribution in [0.4, 0.5) is 5.69 Å². The van der Waals surface area contributed by atoms with Crippen LogP contribution in [0.15, 0.2) is 59.1 Å². The van der Waals surface area contributed by atoms with Gasteiger partial charge in [-0.3, -0.25) is 4.79 Å². The Morgan fingerprint density at radius 2 is 1.84 bits per heavy atom. The summed E-state index contributed by atoms with van der Waals surface area (Å²) in [6.07, 6.45) is 1.59. The average molecular weight is 332 g/mol. The zero-order valence-electron chi connectivity index (χ0n) is 14.4. The third-order valence-electron chi connectivity index (χ3n) is 4.88. The number of benzene rings is 2. The molecule has 0 saturated heterocycles. The quantitative estimate of drug-likeness (QED) is 0.758. The summed E-state index contributed by atoms with van der Waals surface area (Å²) >= 11 is 0. The highest BCUT2D eigenvalue weighted by Crippen LogP contribution is 2.49. The van der Waals surface area contributed by atoms with Crippen molar-refractivity contribution in [2.24, 2.45) is 0 Å². The lowest BCUT2D eigenvalue weighted by Gasteiger charge is -2.14. The van der Waals surface area contributed by atoms with Crippen LogP contribution in [0, 0.1) is 13.8 Å². The van der Waals surface area contributed by atoms with Gasteiger partial charge in [0.25, 0.3) is 0 Å². The molecule has 0 atom stereocenters. The number of amides is 1. The molecular formula is C21H20N2O2. The van der Waals surface area contributed by atoms with E-state index in [9.17, 15) is 4.79 Å². The number of hydrogen-bond acceptors (Lipinski definition) is 3. The van der Waals surface area contributed by atoms with Gasteiger partial charge in [0.2, 0.25) is 5.91 Å². The Hall–Kier alpha value is -2.88. The third-order valence-corrected chi connectivity index (χ3v) is 4.88. The molecule has 126 valence electrons. The van der Waals surface area contributed by atoms with E-state index < -0.39 is 5.41 Å². The summed E-state index contributed by atoms with van der Waals surface area (Å²) in [6.45, 7) is 4.02. The minimum absolute atomic E-state index is 0.00545. The van der Waals surface area contributed by atoms with Crippen LogP contribution in [0.1, 0.15) is 29.7 Å². The lowest BCUT2D eigenvalue weighted by molar-refractivity contribution is -0.118. The fraction of sp³-hybridized carbons (Fsp3) is 0.238. The molecule has 4 rings (SSSR count). The molecule has 0 spiro atoms. The van der Waals surface area contributed by atoms with Crippen LogP contribution >= 0.6 is 0 Å². The molecule has 25 heavy (non-hydrogen) atoms. The first-order chi connectivity index (χ1) is 12.1. The summed E-state index contributed by atoms with van der Waals surface area (Å²) in [6, 6.07) is 17.8. The smallest absolute Gasteiger partial charge is 0.236 e. The van der Waals surface area contributed by atoms with Gasteiger partial charge >= 0.3 is 0 Å². The van der Waals surface area contributed by atoms with Crippen LogP contribution in [0.25, 0.3) is 11.3 Å². The second-order valence-electron chi connectivity index (χ2n) is 6.80. The van der Waals surface area contributed by atoms with Crippen molar-refractivity contribution in [2.45, 2.75) is 32.1 Å². The molecule has 0 aliphatic heterocycles. The van der Waals surface area contributed by atoms with Crippen molar-refractivity contribution < 1.29 is 9.32 Å². The van der Waals surface area contributed by atoms with Gasteiger partial charge in [0.1, 0.15) is 0 Å². The SMILES string of the molecule is Cc1ccc(C)c(NC(=O)C2(c3cc(-c4ccccc4)on3)CC2)c1. The van der Waals surface area contributed by atoms with Crippen molar-refractivity contribution in [3.63, 3.8) is 0 Å². The minimum Gasteiger partial charge on any atom is -0.356 e. The van der Waals surface area contributed by atoms with Gasteiger partial charge < -0.3 is 9.84 Å². The fourth-order valence-corrected chi connectivity index (χ4v) is 3.08. The Bertz CT molecular complexity index is 924. The molecule has 3 aromatic rings. The van der Waals surface area contributed by atoms with Crippen molar-refractivity contribution in [3.05, 3.63) is 71.4 Å². The highest BCUT2D eigenvalue weighted by molar-refractivity contribution is 6.01. The molecule has 1 aliphatic rings. The van der Waals surface area contributed by atoms with E-state index in [2.05, 4.69) is 10.5 Å². The molecule has 1 N–H and O–H groups in total. The molecule has 2 aromatic carbocycles. The first kappa shape index (κ1) is 15.6. The highest BCUT2D eigenvalue weighted by Gasteiger charge is 2.53. The maximum atomic E-state index is 12.9. The number of aryl methyl sites for hydroxylation is 2. The Morgan fingerprint density at radius 3 is 2.56 bits per heavy atom. The number of anilines is 1.